The second-order valence-corrected chi connectivity index (χ2v) is 3.80. The van der Waals surface area contributed by atoms with E-state index in [1.807, 2.05) is 4.90 Å². The van der Waals surface area contributed by atoms with Crippen molar-refractivity contribution in [3.05, 3.63) is 55.4 Å². The van der Waals surface area contributed by atoms with Crippen molar-refractivity contribution < 1.29 is 9.18 Å². The number of nitrogens with zero attached hydrogens (tertiary/aromatic N) is 1. The third-order valence-corrected chi connectivity index (χ3v) is 2.29. The van der Waals surface area contributed by atoms with Crippen LogP contribution in [-0.2, 0) is 4.79 Å². The maximum atomic E-state index is 13.3. The topological polar surface area (TPSA) is 32.3 Å². The Hall–Kier alpha value is -1.94. The van der Waals surface area contributed by atoms with E-state index in [2.05, 4.69) is 18.5 Å². The van der Waals surface area contributed by atoms with Crippen molar-refractivity contribution in [3.8, 4) is 0 Å². The van der Waals surface area contributed by atoms with Gasteiger partial charge < -0.3 is 5.32 Å². The van der Waals surface area contributed by atoms with E-state index in [9.17, 15) is 9.18 Å². The molecular weight excluding hydrogens is 231 g/mol. The molecule has 1 amide bonds. The lowest BCUT2D eigenvalue weighted by atomic mass is 10.3. The Labute approximate surface area is 107 Å². The number of hydrogen-bond donors (Lipinski definition) is 1. The molecule has 1 N–H and O–H groups in total. The second-order valence-electron chi connectivity index (χ2n) is 3.80. The number of benzene rings is 1. The lowest BCUT2D eigenvalue weighted by Crippen LogP contribution is -2.33. The summed E-state index contributed by atoms with van der Waals surface area (Å²) in [5, 5.41) is 2.53. The van der Waals surface area contributed by atoms with Crippen LogP contribution in [0.3, 0.4) is 0 Å². The number of rotatable bonds is 7. The van der Waals surface area contributed by atoms with Crippen LogP contribution in [0.4, 0.5) is 10.1 Å². The van der Waals surface area contributed by atoms with Crippen LogP contribution < -0.4 is 5.32 Å². The van der Waals surface area contributed by atoms with Gasteiger partial charge in [-0.15, -0.1) is 13.2 Å². The molecule has 0 spiro atoms. The van der Waals surface area contributed by atoms with Gasteiger partial charge in [0.25, 0.3) is 0 Å². The van der Waals surface area contributed by atoms with Crippen LogP contribution in [0.1, 0.15) is 0 Å². The van der Waals surface area contributed by atoms with Crippen molar-refractivity contribution >= 4 is 11.6 Å². The van der Waals surface area contributed by atoms with Crippen molar-refractivity contribution in [2.45, 2.75) is 0 Å². The fraction of sp³-hybridized carbons (Fsp3) is 0.214. The van der Waals surface area contributed by atoms with Crippen molar-refractivity contribution in [1.29, 1.82) is 0 Å². The number of hydrogen-bond acceptors (Lipinski definition) is 2. The fourth-order valence-electron chi connectivity index (χ4n) is 1.52. The van der Waals surface area contributed by atoms with Crippen LogP contribution in [0.2, 0.25) is 0 Å². The minimum absolute atomic E-state index is 0.173. The van der Waals surface area contributed by atoms with E-state index < -0.39 is 5.82 Å². The molecule has 1 aromatic rings. The molecule has 0 aliphatic heterocycles. The summed E-state index contributed by atoms with van der Waals surface area (Å²) in [5.41, 5.74) is 0.194. The first-order chi connectivity index (χ1) is 8.67. The number of anilines is 1. The molecule has 4 heteroatoms. The fourth-order valence-corrected chi connectivity index (χ4v) is 1.52. The zero-order valence-electron chi connectivity index (χ0n) is 10.2. The second kappa shape index (κ2) is 7.40. The molecule has 0 radical (unpaired) electrons. The Bertz CT molecular complexity index is 422. The van der Waals surface area contributed by atoms with Crippen LogP contribution in [0.25, 0.3) is 0 Å². The van der Waals surface area contributed by atoms with Gasteiger partial charge in [-0.2, -0.15) is 0 Å². The first-order valence-corrected chi connectivity index (χ1v) is 5.66. The van der Waals surface area contributed by atoms with E-state index in [1.165, 1.54) is 12.1 Å². The van der Waals surface area contributed by atoms with Gasteiger partial charge in [0, 0.05) is 13.1 Å². The van der Waals surface area contributed by atoms with Gasteiger partial charge in [-0.25, -0.2) is 4.39 Å². The highest BCUT2D eigenvalue weighted by Crippen LogP contribution is 2.12. The molecule has 0 saturated heterocycles. The Morgan fingerprint density at radius 3 is 2.44 bits per heavy atom. The highest BCUT2D eigenvalue weighted by atomic mass is 19.1. The molecule has 0 atom stereocenters. The number of carbonyl (C=O) groups excluding carboxylic acids is 1. The number of para-hydroxylation sites is 1. The maximum absolute atomic E-state index is 13.3. The first-order valence-electron chi connectivity index (χ1n) is 5.66. The molecule has 0 saturated carbocycles. The quantitative estimate of drug-likeness (QED) is 0.752. The van der Waals surface area contributed by atoms with Gasteiger partial charge in [0.2, 0.25) is 5.91 Å². The SMILES string of the molecule is C=CCN(CC=C)CC(=O)Nc1ccccc1F. The van der Waals surface area contributed by atoms with E-state index in [0.717, 1.165) is 0 Å². The molecule has 1 aromatic carbocycles. The summed E-state index contributed by atoms with van der Waals surface area (Å²) in [7, 11) is 0. The number of carbonyl (C=O) groups is 1. The van der Waals surface area contributed by atoms with Crippen LogP contribution in [0, 0.1) is 5.82 Å². The zero-order valence-corrected chi connectivity index (χ0v) is 10.2. The third kappa shape index (κ3) is 4.51. The molecule has 18 heavy (non-hydrogen) atoms. The van der Waals surface area contributed by atoms with E-state index in [0.29, 0.717) is 13.1 Å². The van der Waals surface area contributed by atoms with Gasteiger partial charge in [-0.1, -0.05) is 24.3 Å². The smallest absolute Gasteiger partial charge is 0.238 e. The largest absolute Gasteiger partial charge is 0.322 e. The minimum atomic E-state index is -0.440. The van der Waals surface area contributed by atoms with Crippen molar-refractivity contribution in [3.63, 3.8) is 0 Å². The Morgan fingerprint density at radius 1 is 1.28 bits per heavy atom. The third-order valence-electron chi connectivity index (χ3n) is 2.29. The average molecular weight is 248 g/mol. The van der Waals surface area contributed by atoms with Gasteiger partial charge in [-0.05, 0) is 12.1 Å². The molecule has 0 heterocycles. The highest BCUT2D eigenvalue weighted by molar-refractivity contribution is 5.92. The van der Waals surface area contributed by atoms with E-state index >= 15 is 0 Å². The predicted octanol–water partition coefficient (Wildman–Crippen LogP) is 2.44. The maximum Gasteiger partial charge on any atom is 0.238 e. The predicted molar refractivity (Wildman–Crippen MR) is 71.9 cm³/mol. The van der Waals surface area contributed by atoms with Crippen molar-refractivity contribution in [1.82, 2.24) is 4.90 Å². The number of nitrogens with one attached hydrogen (secondary N) is 1. The molecule has 0 fully saturated rings. The lowest BCUT2D eigenvalue weighted by Gasteiger charge is -2.18. The molecule has 0 bridgehead atoms. The summed E-state index contributed by atoms with van der Waals surface area (Å²) < 4.78 is 13.3. The van der Waals surface area contributed by atoms with Gasteiger partial charge in [0.15, 0.2) is 0 Å². The standard InChI is InChI=1S/C14H17FN2O/c1-3-9-17(10-4-2)11-14(18)16-13-8-6-5-7-12(13)15/h3-8H,1-2,9-11H2,(H,16,18). The molecule has 0 aliphatic carbocycles. The summed E-state index contributed by atoms with van der Waals surface area (Å²) in [5.74, 6) is -0.700. The Balaban J connectivity index is 2.57. The van der Waals surface area contributed by atoms with Crippen molar-refractivity contribution in [2.24, 2.45) is 0 Å². The minimum Gasteiger partial charge on any atom is -0.322 e. The number of amides is 1. The van der Waals surface area contributed by atoms with E-state index in [-0.39, 0.29) is 18.1 Å². The molecule has 1 rings (SSSR count). The summed E-state index contributed by atoms with van der Waals surface area (Å²) >= 11 is 0. The molecule has 0 unspecified atom stereocenters. The van der Waals surface area contributed by atoms with Gasteiger partial charge in [-0.3, -0.25) is 9.69 Å². The van der Waals surface area contributed by atoms with Crippen LogP contribution >= 0.6 is 0 Å². The zero-order chi connectivity index (χ0) is 13.4. The van der Waals surface area contributed by atoms with Crippen LogP contribution in [-0.4, -0.2) is 30.4 Å². The normalized spacial score (nSPS) is 10.1. The summed E-state index contributed by atoms with van der Waals surface area (Å²) in [4.78, 5) is 13.6. The molecule has 0 aliphatic rings. The summed E-state index contributed by atoms with van der Waals surface area (Å²) in [6, 6.07) is 6.08. The van der Waals surface area contributed by atoms with Gasteiger partial charge in [0.05, 0.1) is 12.2 Å². The van der Waals surface area contributed by atoms with E-state index in [1.54, 1.807) is 24.3 Å². The van der Waals surface area contributed by atoms with Crippen LogP contribution in [0.5, 0.6) is 0 Å². The Morgan fingerprint density at radius 2 is 1.89 bits per heavy atom. The first kappa shape index (κ1) is 14.1. The molecule has 3 nitrogen and oxygen atoms in total. The van der Waals surface area contributed by atoms with Gasteiger partial charge >= 0.3 is 0 Å². The lowest BCUT2D eigenvalue weighted by molar-refractivity contribution is -0.117. The highest BCUT2D eigenvalue weighted by Gasteiger charge is 2.10. The summed E-state index contributed by atoms with van der Waals surface area (Å²) in [6.07, 6.45) is 3.42. The molecular formula is C14H17FN2O. The summed E-state index contributed by atoms with van der Waals surface area (Å²) in [6.45, 7) is 8.57. The average Bonchev–Trinajstić information content (AvgIpc) is 2.33. The molecule has 96 valence electrons. The van der Waals surface area contributed by atoms with Gasteiger partial charge in [0.1, 0.15) is 5.82 Å². The molecule has 0 aromatic heterocycles. The monoisotopic (exact) mass is 248 g/mol. The van der Waals surface area contributed by atoms with Crippen LogP contribution in [0.15, 0.2) is 49.6 Å². The number of halogens is 1. The Kier molecular flexibility index (Phi) is 5.80. The van der Waals surface area contributed by atoms with E-state index in [4.69, 9.17) is 0 Å². The van der Waals surface area contributed by atoms with Crippen molar-refractivity contribution in [2.75, 3.05) is 25.0 Å².